The van der Waals surface area contributed by atoms with E-state index in [4.69, 9.17) is 0 Å². The van der Waals surface area contributed by atoms with E-state index in [2.05, 4.69) is 63.9 Å². The van der Waals surface area contributed by atoms with Gasteiger partial charge in [0, 0.05) is 18.4 Å². The molecule has 1 aliphatic heterocycles. The Balaban J connectivity index is 2.58. The number of anilines is 1. The Morgan fingerprint density at radius 3 is 2.57 bits per heavy atom. The van der Waals surface area contributed by atoms with Crippen molar-refractivity contribution < 1.29 is 0 Å². The van der Waals surface area contributed by atoms with Gasteiger partial charge in [0.2, 0.25) is 0 Å². The summed E-state index contributed by atoms with van der Waals surface area (Å²) in [4.78, 5) is 2.45. The first-order valence-electron chi connectivity index (χ1n) is 9.23. The van der Waals surface area contributed by atoms with Crippen LogP contribution in [0.2, 0.25) is 0 Å². The molecule has 23 heavy (non-hydrogen) atoms. The van der Waals surface area contributed by atoms with Crippen LogP contribution >= 0.6 is 0 Å². The van der Waals surface area contributed by atoms with Crippen molar-refractivity contribution in [3.63, 3.8) is 0 Å². The highest BCUT2D eigenvalue weighted by molar-refractivity contribution is 5.61. The van der Waals surface area contributed by atoms with Crippen LogP contribution in [0.5, 0.6) is 0 Å². The number of likely N-dealkylation sites (N-methyl/N-ethyl adjacent to an activating group) is 1. The normalized spacial score (nSPS) is 16.1. The fourth-order valence-corrected chi connectivity index (χ4v) is 3.55. The van der Waals surface area contributed by atoms with E-state index < -0.39 is 0 Å². The molecule has 0 spiro atoms. The zero-order chi connectivity index (χ0) is 16.8. The van der Waals surface area contributed by atoms with Crippen LogP contribution in [-0.2, 0) is 6.42 Å². The predicted octanol–water partition coefficient (Wildman–Crippen LogP) is 6.57. The number of rotatable bonds is 3. The van der Waals surface area contributed by atoms with Gasteiger partial charge in [0.1, 0.15) is 0 Å². The average molecular weight is 312 g/mol. The molecule has 1 heterocycles. The van der Waals surface area contributed by atoms with Gasteiger partial charge in [-0.25, -0.2) is 0 Å². The van der Waals surface area contributed by atoms with Gasteiger partial charge in [0.05, 0.1) is 0 Å². The molecule has 0 saturated heterocycles. The molecule has 0 saturated carbocycles. The van der Waals surface area contributed by atoms with Crippen molar-refractivity contribution >= 4 is 5.69 Å². The van der Waals surface area contributed by atoms with Gasteiger partial charge in [-0.15, -0.1) is 0 Å². The molecular formula is C22H33N. The fourth-order valence-electron chi connectivity index (χ4n) is 3.55. The molecule has 0 radical (unpaired) electrons. The highest BCUT2D eigenvalue weighted by atomic mass is 15.1. The lowest BCUT2D eigenvalue weighted by Crippen LogP contribution is -2.20. The Bertz CT molecular complexity index is 588. The third kappa shape index (κ3) is 4.73. The first-order chi connectivity index (χ1) is 11.0. The van der Waals surface area contributed by atoms with E-state index >= 15 is 0 Å². The van der Waals surface area contributed by atoms with Crippen molar-refractivity contribution in [2.45, 2.75) is 72.6 Å². The molecule has 1 aliphatic rings. The quantitative estimate of drug-likeness (QED) is 0.610. The summed E-state index contributed by atoms with van der Waals surface area (Å²) in [5, 5.41) is 0. The minimum atomic E-state index is 1.20. The van der Waals surface area contributed by atoms with Crippen LogP contribution in [-0.4, -0.2) is 7.05 Å². The van der Waals surface area contributed by atoms with Crippen LogP contribution in [0, 0.1) is 6.92 Å². The number of benzene rings is 1. The third-order valence-corrected chi connectivity index (χ3v) is 4.73. The van der Waals surface area contributed by atoms with E-state index in [1.165, 1.54) is 73.0 Å². The number of hydrogen-bond acceptors (Lipinski definition) is 1. The molecule has 0 amide bonds. The maximum absolute atomic E-state index is 2.45. The standard InChI is InChI=1S/C22H33N/c1-6-10-19-11-8-7-9-12-20-14-13-18(4)16-22(20)23(5)21(19)15-17(2)3/h13-16H,6-12H2,1-5H3. The topological polar surface area (TPSA) is 3.24 Å². The summed E-state index contributed by atoms with van der Waals surface area (Å²) in [6, 6.07) is 6.96. The lowest BCUT2D eigenvalue weighted by Gasteiger charge is -2.28. The van der Waals surface area contributed by atoms with Crippen molar-refractivity contribution in [1.82, 2.24) is 0 Å². The van der Waals surface area contributed by atoms with Crippen molar-refractivity contribution in [3.8, 4) is 0 Å². The van der Waals surface area contributed by atoms with E-state index in [9.17, 15) is 0 Å². The van der Waals surface area contributed by atoms with Gasteiger partial charge in [0.15, 0.2) is 0 Å². The van der Waals surface area contributed by atoms with Gasteiger partial charge < -0.3 is 4.90 Å². The fraction of sp³-hybridized carbons (Fsp3) is 0.545. The molecule has 2 rings (SSSR count). The largest absolute Gasteiger partial charge is 0.344 e. The van der Waals surface area contributed by atoms with Crippen LogP contribution in [0.15, 0.2) is 41.1 Å². The first-order valence-corrected chi connectivity index (χ1v) is 9.23. The van der Waals surface area contributed by atoms with Crippen molar-refractivity contribution in [2.24, 2.45) is 0 Å². The van der Waals surface area contributed by atoms with Gasteiger partial charge >= 0.3 is 0 Å². The molecule has 0 N–H and O–H groups in total. The monoisotopic (exact) mass is 311 g/mol. The summed E-state index contributed by atoms with van der Waals surface area (Å²) in [5.41, 5.74) is 8.68. The van der Waals surface area contributed by atoms with Gasteiger partial charge in [-0.2, -0.15) is 0 Å². The summed E-state index contributed by atoms with van der Waals surface area (Å²) in [7, 11) is 2.25. The predicted molar refractivity (Wildman–Crippen MR) is 103 cm³/mol. The second kappa shape index (κ2) is 8.38. The highest BCUT2D eigenvalue weighted by Crippen LogP contribution is 2.32. The molecule has 1 aromatic carbocycles. The maximum atomic E-state index is 2.45. The Kier molecular flexibility index (Phi) is 6.50. The Morgan fingerprint density at radius 1 is 1.13 bits per heavy atom. The molecule has 1 nitrogen and oxygen atoms in total. The number of allylic oxidation sites excluding steroid dienone is 3. The molecule has 0 aromatic heterocycles. The second-order valence-corrected chi connectivity index (χ2v) is 7.21. The Labute approximate surface area is 143 Å². The zero-order valence-corrected chi connectivity index (χ0v) is 15.7. The Hall–Kier alpha value is -1.50. The lowest BCUT2D eigenvalue weighted by molar-refractivity contribution is 0.652. The minimum absolute atomic E-state index is 1.20. The van der Waals surface area contributed by atoms with E-state index in [0.717, 1.165) is 0 Å². The molecule has 1 heteroatoms. The highest BCUT2D eigenvalue weighted by Gasteiger charge is 2.16. The van der Waals surface area contributed by atoms with E-state index in [1.54, 1.807) is 5.57 Å². The van der Waals surface area contributed by atoms with Crippen LogP contribution in [0.25, 0.3) is 0 Å². The molecular weight excluding hydrogens is 278 g/mol. The summed E-state index contributed by atoms with van der Waals surface area (Å²) < 4.78 is 0. The van der Waals surface area contributed by atoms with Gasteiger partial charge in [0.25, 0.3) is 0 Å². The molecule has 0 bridgehead atoms. The Morgan fingerprint density at radius 2 is 1.87 bits per heavy atom. The number of nitrogens with zero attached hydrogens (tertiary/aromatic N) is 1. The minimum Gasteiger partial charge on any atom is -0.344 e. The number of aryl methyl sites for hydroxylation is 2. The molecule has 126 valence electrons. The smallest absolute Gasteiger partial charge is 0.0443 e. The van der Waals surface area contributed by atoms with Crippen LogP contribution in [0.4, 0.5) is 5.69 Å². The van der Waals surface area contributed by atoms with E-state index in [1.807, 2.05) is 0 Å². The number of hydrogen-bond donors (Lipinski definition) is 0. The molecule has 1 aromatic rings. The van der Waals surface area contributed by atoms with Gasteiger partial charge in [-0.1, -0.05) is 37.5 Å². The molecule has 0 aliphatic carbocycles. The summed E-state index contributed by atoms with van der Waals surface area (Å²) >= 11 is 0. The van der Waals surface area contributed by atoms with Crippen molar-refractivity contribution in [1.29, 1.82) is 0 Å². The number of fused-ring (bicyclic) bond motifs is 1. The van der Waals surface area contributed by atoms with Gasteiger partial charge in [-0.3, -0.25) is 0 Å². The summed E-state index contributed by atoms with van der Waals surface area (Å²) in [5.74, 6) is 0. The summed E-state index contributed by atoms with van der Waals surface area (Å²) in [6.07, 6.45) is 11.2. The lowest BCUT2D eigenvalue weighted by atomic mass is 9.95. The first kappa shape index (κ1) is 17.8. The van der Waals surface area contributed by atoms with Crippen molar-refractivity contribution in [2.75, 3.05) is 11.9 Å². The maximum Gasteiger partial charge on any atom is 0.0443 e. The van der Waals surface area contributed by atoms with Crippen molar-refractivity contribution in [3.05, 3.63) is 52.2 Å². The zero-order valence-electron chi connectivity index (χ0n) is 15.7. The second-order valence-electron chi connectivity index (χ2n) is 7.21. The average Bonchev–Trinajstić information content (AvgIpc) is 2.51. The molecule has 0 fully saturated rings. The van der Waals surface area contributed by atoms with E-state index in [0.29, 0.717) is 0 Å². The van der Waals surface area contributed by atoms with Crippen LogP contribution in [0.1, 0.15) is 70.4 Å². The van der Waals surface area contributed by atoms with Gasteiger partial charge in [-0.05, 0) is 81.7 Å². The molecule has 0 atom stereocenters. The summed E-state index contributed by atoms with van der Waals surface area (Å²) in [6.45, 7) is 8.91. The SMILES string of the molecule is CCCC1=C(C=C(C)C)N(C)c2cc(C)ccc2CCCCC1. The van der Waals surface area contributed by atoms with Crippen LogP contribution < -0.4 is 4.90 Å². The third-order valence-electron chi connectivity index (χ3n) is 4.73. The van der Waals surface area contributed by atoms with Crippen LogP contribution in [0.3, 0.4) is 0 Å². The molecule has 0 unspecified atom stereocenters. The van der Waals surface area contributed by atoms with E-state index in [-0.39, 0.29) is 0 Å².